The first-order chi connectivity index (χ1) is 8.38. The van der Waals surface area contributed by atoms with Crippen molar-refractivity contribution in [3.05, 3.63) is 34.3 Å². The fraction of sp³-hybridized carbons (Fsp3) is 0.600. The molecule has 0 aliphatic carbocycles. The molecule has 100 valence electrons. The average Bonchev–Trinajstić information content (AvgIpc) is 2.28. The number of rotatable bonds is 2. The van der Waals surface area contributed by atoms with Gasteiger partial charge in [-0.25, -0.2) is 0 Å². The van der Waals surface area contributed by atoms with E-state index in [0.29, 0.717) is 6.04 Å². The second kappa shape index (κ2) is 5.20. The van der Waals surface area contributed by atoms with Gasteiger partial charge >= 0.3 is 0 Å². The number of piperidine rings is 1. The van der Waals surface area contributed by atoms with Crippen LogP contribution in [-0.4, -0.2) is 24.0 Å². The van der Waals surface area contributed by atoms with Gasteiger partial charge in [-0.15, -0.1) is 0 Å². The van der Waals surface area contributed by atoms with E-state index < -0.39 is 0 Å². The van der Waals surface area contributed by atoms with Crippen molar-refractivity contribution in [3.8, 4) is 0 Å². The molecule has 3 heteroatoms. The van der Waals surface area contributed by atoms with Gasteiger partial charge in [0, 0.05) is 30.7 Å². The minimum Gasteiger partial charge on any atom is -0.327 e. The quantitative estimate of drug-likeness (QED) is 0.891. The molecule has 0 bridgehead atoms. The zero-order chi connectivity index (χ0) is 13.3. The SMILES string of the molecule is Cc1ccc(CN2CCC(N)C(C)(C)C2)cc1Cl. The van der Waals surface area contributed by atoms with Crippen molar-refractivity contribution in [3.63, 3.8) is 0 Å². The summed E-state index contributed by atoms with van der Waals surface area (Å²) in [4.78, 5) is 2.48. The van der Waals surface area contributed by atoms with Gasteiger partial charge in [0.25, 0.3) is 0 Å². The molecule has 0 aromatic heterocycles. The maximum Gasteiger partial charge on any atom is 0.0438 e. The van der Waals surface area contributed by atoms with Crippen molar-refractivity contribution in [1.82, 2.24) is 4.90 Å². The summed E-state index contributed by atoms with van der Waals surface area (Å²) in [6.07, 6.45) is 1.08. The van der Waals surface area contributed by atoms with E-state index in [2.05, 4.69) is 36.9 Å². The van der Waals surface area contributed by atoms with Crippen LogP contribution in [0.25, 0.3) is 0 Å². The van der Waals surface area contributed by atoms with Crippen LogP contribution in [0.1, 0.15) is 31.4 Å². The van der Waals surface area contributed by atoms with Crippen LogP contribution < -0.4 is 5.73 Å². The summed E-state index contributed by atoms with van der Waals surface area (Å²) in [6, 6.07) is 6.66. The lowest BCUT2D eigenvalue weighted by Gasteiger charge is -2.42. The summed E-state index contributed by atoms with van der Waals surface area (Å²) in [5.41, 5.74) is 8.79. The van der Waals surface area contributed by atoms with E-state index in [9.17, 15) is 0 Å². The maximum absolute atomic E-state index is 6.17. The molecular weight excluding hydrogens is 244 g/mol. The topological polar surface area (TPSA) is 29.3 Å². The number of aryl methyl sites for hydroxylation is 1. The molecule has 18 heavy (non-hydrogen) atoms. The first-order valence-corrected chi connectivity index (χ1v) is 6.99. The molecule has 2 nitrogen and oxygen atoms in total. The first-order valence-electron chi connectivity index (χ1n) is 6.61. The standard InChI is InChI=1S/C15H23ClN2/c1-11-4-5-12(8-13(11)16)9-18-7-6-14(17)15(2,3)10-18/h4-5,8,14H,6-7,9-10,17H2,1-3H3. The van der Waals surface area contributed by atoms with Crippen LogP contribution in [0.2, 0.25) is 5.02 Å². The van der Waals surface area contributed by atoms with Gasteiger partial charge in [0.1, 0.15) is 0 Å². The third kappa shape index (κ3) is 3.05. The summed E-state index contributed by atoms with van der Waals surface area (Å²) in [5, 5.41) is 0.862. The third-order valence-corrected chi connectivity index (χ3v) is 4.44. The van der Waals surface area contributed by atoms with Gasteiger partial charge in [-0.05, 0) is 36.0 Å². The Labute approximate surface area is 115 Å². The van der Waals surface area contributed by atoms with Crippen molar-refractivity contribution in [2.24, 2.45) is 11.1 Å². The minimum absolute atomic E-state index is 0.201. The molecule has 0 amide bonds. The second-order valence-electron chi connectivity index (χ2n) is 6.18. The molecule has 1 atom stereocenters. The average molecular weight is 267 g/mol. The molecule has 0 radical (unpaired) electrons. The molecular formula is C15H23ClN2. The second-order valence-corrected chi connectivity index (χ2v) is 6.59. The van der Waals surface area contributed by atoms with E-state index >= 15 is 0 Å². The largest absolute Gasteiger partial charge is 0.327 e. The lowest BCUT2D eigenvalue weighted by molar-refractivity contribution is 0.0899. The minimum atomic E-state index is 0.201. The van der Waals surface area contributed by atoms with Gasteiger partial charge < -0.3 is 5.73 Å². The first kappa shape index (κ1) is 13.9. The molecule has 1 aliphatic heterocycles. The summed E-state index contributed by atoms with van der Waals surface area (Å²) >= 11 is 6.17. The predicted molar refractivity (Wildman–Crippen MR) is 77.8 cm³/mol. The maximum atomic E-state index is 6.17. The Morgan fingerprint density at radius 3 is 2.78 bits per heavy atom. The smallest absolute Gasteiger partial charge is 0.0438 e. The van der Waals surface area contributed by atoms with Crippen LogP contribution in [0.4, 0.5) is 0 Å². The zero-order valence-corrected chi connectivity index (χ0v) is 12.3. The molecule has 1 aromatic rings. The Kier molecular flexibility index (Phi) is 4.00. The van der Waals surface area contributed by atoms with E-state index in [-0.39, 0.29) is 5.41 Å². The van der Waals surface area contributed by atoms with Gasteiger partial charge in [0.2, 0.25) is 0 Å². The van der Waals surface area contributed by atoms with Gasteiger partial charge in [-0.2, -0.15) is 0 Å². The summed E-state index contributed by atoms with van der Waals surface area (Å²) in [5.74, 6) is 0. The molecule has 2 rings (SSSR count). The van der Waals surface area contributed by atoms with E-state index in [1.807, 2.05) is 6.92 Å². The highest BCUT2D eigenvalue weighted by Gasteiger charge is 2.33. The van der Waals surface area contributed by atoms with Crippen LogP contribution in [-0.2, 0) is 6.54 Å². The molecule has 1 aromatic carbocycles. The fourth-order valence-electron chi connectivity index (χ4n) is 2.61. The Bertz CT molecular complexity index is 429. The van der Waals surface area contributed by atoms with Crippen LogP contribution >= 0.6 is 11.6 Å². The van der Waals surface area contributed by atoms with E-state index in [4.69, 9.17) is 17.3 Å². The Hall–Kier alpha value is -0.570. The molecule has 1 heterocycles. The lowest BCUT2D eigenvalue weighted by atomic mass is 9.79. The zero-order valence-electron chi connectivity index (χ0n) is 11.5. The summed E-state index contributed by atoms with van der Waals surface area (Å²) in [7, 11) is 0. The van der Waals surface area contributed by atoms with Gasteiger partial charge in [-0.1, -0.05) is 37.6 Å². The fourth-order valence-corrected chi connectivity index (χ4v) is 2.82. The van der Waals surface area contributed by atoms with Crippen molar-refractivity contribution in [1.29, 1.82) is 0 Å². The van der Waals surface area contributed by atoms with Crippen molar-refractivity contribution in [2.75, 3.05) is 13.1 Å². The molecule has 0 saturated carbocycles. The van der Waals surface area contributed by atoms with Crippen LogP contribution in [0.15, 0.2) is 18.2 Å². The van der Waals surface area contributed by atoms with E-state index in [1.165, 1.54) is 5.56 Å². The highest BCUT2D eigenvalue weighted by molar-refractivity contribution is 6.31. The van der Waals surface area contributed by atoms with Crippen molar-refractivity contribution >= 4 is 11.6 Å². The highest BCUT2D eigenvalue weighted by atomic mass is 35.5. The molecule has 0 spiro atoms. The van der Waals surface area contributed by atoms with Crippen LogP contribution in [0, 0.1) is 12.3 Å². The Morgan fingerprint density at radius 1 is 1.44 bits per heavy atom. The molecule has 2 N–H and O–H groups in total. The predicted octanol–water partition coefficient (Wildman–Crippen LogP) is 3.21. The number of likely N-dealkylation sites (tertiary alicyclic amines) is 1. The van der Waals surface area contributed by atoms with Crippen molar-refractivity contribution < 1.29 is 0 Å². The monoisotopic (exact) mass is 266 g/mol. The number of nitrogens with two attached hydrogens (primary N) is 1. The Morgan fingerprint density at radius 2 is 2.17 bits per heavy atom. The van der Waals surface area contributed by atoms with Crippen molar-refractivity contribution in [2.45, 2.75) is 39.8 Å². The Balaban J connectivity index is 2.04. The number of benzene rings is 1. The van der Waals surface area contributed by atoms with E-state index in [1.54, 1.807) is 0 Å². The van der Waals surface area contributed by atoms with Crippen LogP contribution in [0.3, 0.4) is 0 Å². The summed E-state index contributed by atoms with van der Waals surface area (Å²) < 4.78 is 0. The third-order valence-electron chi connectivity index (χ3n) is 4.03. The van der Waals surface area contributed by atoms with Gasteiger partial charge in [-0.3, -0.25) is 4.90 Å². The lowest BCUT2D eigenvalue weighted by Crippen LogP contribution is -2.52. The van der Waals surface area contributed by atoms with Gasteiger partial charge in [0.05, 0.1) is 0 Å². The van der Waals surface area contributed by atoms with E-state index in [0.717, 1.165) is 36.6 Å². The van der Waals surface area contributed by atoms with Gasteiger partial charge in [0.15, 0.2) is 0 Å². The number of halogens is 1. The highest BCUT2D eigenvalue weighted by Crippen LogP contribution is 2.29. The molecule has 1 unspecified atom stereocenters. The normalized spacial score (nSPS) is 24.2. The molecule has 1 saturated heterocycles. The number of nitrogens with zero attached hydrogens (tertiary/aromatic N) is 1. The molecule has 1 aliphatic rings. The molecule has 1 fully saturated rings. The summed E-state index contributed by atoms with van der Waals surface area (Å²) in [6.45, 7) is 9.65. The number of hydrogen-bond donors (Lipinski definition) is 1. The van der Waals surface area contributed by atoms with Crippen LogP contribution in [0.5, 0.6) is 0 Å². The number of hydrogen-bond acceptors (Lipinski definition) is 2.